The average molecular weight is 237 g/mol. The second kappa shape index (κ2) is 4.18. The van der Waals surface area contributed by atoms with Crippen molar-refractivity contribution < 1.29 is 9.53 Å². The molecule has 0 spiro atoms. The lowest BCUT2D eigenvalue weighted by Crippen LogP contribution is -2.41. The fraction of sp³-hybridized carbons (Fsp3) is 0.583. The van der Waals surface area contributed by atoms with Gasteiger partial charge in [0.25, 0.3) is 5.91 Å². The third-order valence-corrected chi connectivity index (χ3v) is 4.15. The van der Waals surface area contributed by atoms with Gasteiger partial charge in [0.2, 0.25) is 0 Å². The van der Waals surface area contributed by atoms with Crippen LogP contribution in [0.4, 0.5) is 0 Å². The first-order valence-electron chi connectivity index (χ1n) is 5.80. The van der Waals surface area contributed by atoms with Crippen LogP contribution in [0.2, 0.25) is 0 Å². The summed E-state index contributed by atoms with van der Waals surface area (Å²) in [5.74, 6) is 0.743. The number of hydrogen-bond donors (Lipinski definition) is 1. The standard InChI is InChI=1S/C12H15NO2S/c14-12(10-2-1-7-16-10)13-9-5-6-15-11(9)8-3-4-8/h1-2,7-9,11H,3-6H2,(H,13,14). The molecule has 0 aromatic carbocycles. The van der Waals surface area contributed by atoms with Crippen molar-refractivity contribution in [3.8, 4) is 0 Å². The third kappa shape index (κ3) is 1.99. The lowest BCUT2D eigenvalue weighted by Gasteiger charge is -2.18. The van der Waals surface area contributed by atoms with Gasteiger partial charge >= 0.3 is 0 Å². The molecule has 0 radical (unpaired) electrons. The molecule has 86 valence electrons. The highest BCUT2D eigenvalue weighted by Gasteiger charge is 2.41. The summed E-state index contributed by atoms with van der Waals surface area (Å²) < 4.78 is 5.70. The molecule has 1 saturated heterocycles. The van der Waals surface area contributed by atoms with Gasteiger partial charge in [-0.3, -0.25) is 4.79 Å². The average Bonchev–Trinajstić information content (AvgIpc) is 2.83. The normalized spacial score (nSPS) is 29.2. The third-order valence-electron chi connectivity index (χ3n) is 3.28. The van der Waals surface area contributed by atoms with Crippen LogP contribution in [0.1, 0.15) is 28.9 Å². The van der Waals surface area contributed by atoms with Crippen molar-refractivity contribution in [2.24, 2.45) is 5.92 Å². The number of nitrogens with one attached hydrogen (secondary N) is 1. The van der Waals surface area contributed by atoms with Gasteiger partial charge in [-0.15, -0.1) is 11.3 Å². The van der Waals surface area contributed by atoms with Gasteiger partial charge in [0.1, 0.15) is 0 Å². The van der Waals surface area contributed by atoms with Crippen LogP contribution in [0.3, 0.4) is 0 Å². The lowest BCUT2D eigenvalue weighted by molar-refractivity contribution is 0.0731. The highest BCUT2D eigenvalue weighted by atomic mass is 32.1. The second-order valence-electron chi connectivity index (χ2n) is 4.52. The first kappa shape index (κ1) is 10.3. The Morgan fingerprint density at radius 1 is 1.44 bits per heavy atom. The van der Waals surface area contributed by atoms with Crippen LogP contribution in [-0.4, -0.2) is 24.7 Å². The maximum absolute atomic E-state index is 11.9. The molecule has 0 bridgehead atoms. The summed E-state index contributed by atoms with van der Waals surface area (Å²) in [5, 5.41) is 5.03. The first-order valence-corrected chi connectivity index (χ1v) is 6.68. The molecule has 2 aliphatic rings. The summed E-state index contributed by atoms with van der Waals surface area (Å²) in [6.07, 6.45) is 3.74. The van der Waals surface area contributed by atoms with Crippen LogP contribution in [0.5, 0.6) is 0 Å². The van der Waals surface area contributed by atoms with Gasteiger partial charge in [0.05, 0.1) is 17.0 Å². The van der Waals surface area contributed by atoms with Crippen LogP contribution in [0.25, 0.3) is 0 Å². The predicted octanol–water partition coefficient (Wildman–Crippen LogP) is 2.05. The molecule has 1 amide bonds. The van der Waals surface area contributed by atoms with Gasteiger partial charge in [-0.25, -0.2) is 0 Å². The quantitative estimate of drug-likeness (QED) is 0.873. The molecule has 1 saturated carbocycles. The minimum Gasteiger partial charge on any atom is -0.376 e. The van der Waals surface area contributed by atoms with Crippen LogP contribution in [0.15, 0.2) is 17.5 Å². The van der Waals surface area contributed by atoms with Crippen LogP contribution in [0, 0.1) is 5.92 Å². The number of carbonyl (C=O) groups excluding carboxylic acids is 1. The van der Waals surface area contributed by atoms with Crippen molar-refractivity contribution in [3.05, 3.63) is 22.4 Å². The van der Waals surface area contributed by atoms with Crippen molar-refractivity contribution in [2.75, 3.05) is 6.61 Å². The van der Waals surface area contributed by atoms with E-state index in [0.717, 1.165) is 17.9 Å². The van der Waals surface area contributed by atoms with Crippen LogP contribution in [-0.2, 0) is 4.74 Å². The van der Waals surface area contributed by atoms with Gasteiger partial charge in [0.15, 0.2) is 0 Å². The zero-order chi connectivity index (χ0) is 11.0. The van der Waals surface area contributed by atoms with Crippen molar-refractivity contribution in [1.82, 2.24) is 5.32 Å². The summed E-state index contributed by atoms with van der Waals surface area (Å²) >= 11 is 1.49. The molecular formula is C12H15NO2S. The Hall–Kier alpha value is -0.870. The highest BCUT2D eigenvalue weighted by molar-refractivity contribution is 7.12. The smallest absolute Gasteiger partial charge is 0.261 e. The van der Waals surface area contributed by atoms with E-state index in [1.54, 1.807) is 0 Å². The molecule has 2 atom stereocenters. The lowest BCUT2D eigenvalue weighted by atomic mass is 10.1. The van der Waals surface area contributed by atoms with Crippen molar-refractivity contribution in [1.29, 1.82) is 0 Å². The molecule has 1 aliphatic carbocycles. The van der Waals surface area contributed by atoms with Gasteiger partial charge in [-0.05, 0) is 36.6 Å². The number of hydrogen-bond acceptors (Lipinski definition) is 3. The second-order valence-corrected chi connectivity index (χ2v) is 5.47. The monoisotopic (exact) mass is 237 g/mol. The van der Waals surface area contributed by atoms with E-state index >= 15 is 0 Å². The summed E-state index contributed by atoms with van der Waals surface area (Å²) in [7, 11) is 0. The zero-order valence-electron chi connectivity index (χ0n) is 9.02. The largest absolute Gasteiger partial charge is 0.376 e. The maximum atomic E-state index is 11.9. The SMILES string of the molecule is O=C(NC1CCOC1C1CC1)c1cccs1. The fourth-order valence-corrected chi connectivity index (χ4v) is 2.93. The molecule has 2 unspecified atom stereocenters. The van der Waals surface area contributed by atoms with Gasteiger partial charge in [-0.1, -0.05) is 6.07 Å². The van der Waals surface area contributed by atoms with E-state index in [4.69, 9.17) is 4.74 Å². The van der Waals surface area contributed by atoms with E-state index in [9.17, 15) is 4.79 Å². The Morgan fingerprint density at radius 2 is 2.31 bits per heavy atom. The first-order chi connectivity index (χ1) is 7.84. The number of ether oxygens (including phenoxy) is 1. The summed E-state index contributed by atoms with van der Waals surface area (Å²) in [4.78, 5) is 12.7. The minimum atomic E-state index is 0.0520. The molecule has 1 aromatic heterocycles. The van der Waals surface area contributed by atoms with E-state index in [-0.39, 0.29) is 18.1 Å². The molecule has 4 heteroatoms. The van der Waals surface area contributed by atoms with E-state index < -0.39 is 0 Å². The Morgan fingerprint density at radius 3 is 3.00 bits per heavy atom. The molecular weight excluding hydrogens is 222 g/mol. The summed E-state index contributed by atoms with van der Waals surface area (Å²) in [6.45, 7) is 0.788. The number of rotatable bonds is 3. The van der Waals surface area contributed by atoms with Crippen LogP contribution < -0.4 is 5.32 Å². The van der Waals surface area contributed by atoms with E-state index in [0.29, 0.717) is 5.92 Å². The molecule has 1 aromatic rings. The zero-order valence-corrected chi connectivity index (χ0v) is 9.83. The topological polar surface area (TPSA) is 38.3 Å². The number of thiophene rings is 1. The number of amides is 1. The number of carbonyl (C=O) groups is 1. The van der Waals surface area contributed by atoms with E-state index in [1.165, 1.54) is 24.2 Å². The molecule has 1 aliphatic heterocycles. The Kier molecular flexibility index (Phi) is 2.69. The summed E-state index contributed by atoms with van der Waals surface area (Å²) in [5.41, 5.74) is 0. The van der Waals surface area contributed by atoms with Gasteiger partial charge in [0, 0.05) is 6.61 Å². The van der Waals surface area contributed by atoms with E-state index in [2.05, 4.69) is 5.32 Å². The summed E-state index contributed by atoms with van der Waals surface area (Å²) in [6, 6.07) is 3.99. The van der Waals surface area contributed by atoms with Crippen molar-refractivity contribution >= 4 is 17.2 Å². The molecule has 16 heavy (non-hydrogen) atoms. The fourth-order valence-electron chi connectivity index (χ4n) is 2.30. The molecule has 3 rings (SSSR count). The van der Waals surface area contributed by atoms with E-state index in [1.807, 2.05) is 17.5 Å². The highest BCUT2D eigenvalue weighted by Crippen LogP contribution is 2.38. The minimum absolute atomic E-state index is 0.0520. The van der Waals surface area contributed by atoms with Crippen LogP contribution >= 0.6 is 11.3 Å². The maximum Gasteiger partial charge on any atom is 0.261 e. The Labute approximate surface area is 98.8 Å². The van der Waals surface area contributed by atoms with Gasteiger partial charge in [-0.2, -0.15) is 0 Å². The molecule has 2 fully saturated rings. The Bertz CT molecular complexity index is 372. The van der Waals surface area contributed by atoms with Gasteiger partial charge < -0.3 is 10.1 Å². The molecule has 1 N–H and O–H groups in total. The molecule has 3 nitrogen and oxygen atoms in total. The predicted molar refractivity (Wildman–Crippen MR) is 62.7 cm³/mol. The Balaban J connectivity index is 1.63. The molecule has 2 heterocycles. The van der Waals surface area contributed by atoms with Crippen molar-refractivity contribution in [3.63, 3.8) is 0 Å². The van der Waals surface area contributed by atoms with Crippen molar-refractivity contribution in [2.45, 2.75) is 31.4 Å².